The number of amides is 3. The zero-order valence-corrected chi connectivity index (χ0v) is 13.0. The normalized spacial score (nSPS) is 12.9. The maximum atomic E-state index is 12.2. The number of rotatable bonds is 5. The number of benzene rings is 2. The largest absolute Gasteiger partial charge is 0.338 e. The molecule has 0 saturated heterocycles. The lowest BCUT2D eigenvalue weighted by Crippen LogP contribution is -2.41. The number of nitrogens with zero attached hydrogens (tertiary/aromatic N) is 2. The third-order valence-electron chi connectivity index (χ3n) is 3.82. The van der Waals surface area contributed by atoms with Gasteiger partial charge in [-0.1, -0.05) is 24.3 Å². The average molecular weight is 339 g/mol. The van der Waals surface area contributed by atoms with Crippen LogP contribution in [0.5, 0.6) is 0 Å². The molecule has 8 nitrogen and oxygen atoms in total. The fraction of sp³-hybridized carbons (Fsp3) is 0.118. The fourth-order valence-electron chi connectivity index (χ4n) is 2.53. The number of carbonyl (C=O) groups excluding carboxylic acids is 3. The van der Waals surface area contributed by atoms with Crippen molar-refractivity contribution in [3.8, 4) is 0 Å². The predicted molar refractivity (Wildman–Crippen MR) is 86.8 cm³/mol. The maximum absolute atomic E-state index is 12.2. The highest BCUT2D eigenvalue weighted by molar-refractivity contribution is 6.21. The molecule has 2 aromatic carbocycles. The second-order valence-electron chi connectivity index (χ2n) is 5.44. The minimum atomic E-state index is -0.522. The zero-order chi connectivity index (χ0) is 18.0. The number of fused-ring (bicyclic) bond motifs is 1. The molecule has 0 radical (unpaired) electrons. The van der Waals surface area contributed by atoms with Crippen LogP contribution in [0.2, 0.25) is 0 Å². The van der Waals surface area contributed by atoms with Crippen molar-refractivity contribution in [3.63, 3.8) is 0 Å². The second kappa shape index (κ2) is 6.52. The molecule has 8 heteroatoms. The number of nitro benzene ring substituents is 1. The summed E-state index contributed by atoms with van der Waals surface area (Å²) >= 11 is 0. The van der Waals surface area contributed by atoms with E-state index in [0.717, 1.165) is 4.90 Å². The van der Waals surface area contributed by atoms with Crippen LogP contribution in [0, 0.1) is 10.1 Å². The SMILES string of the molecule is O=C(Cc1ccc([N+](=O)[O-])cc1)NCN1C(=O)c2ccccc2C1=O. The lowest BCUT2D eigenvalue weighted by atomic mass is 10.1. The lowest BCUT2D eigenvalue weighted by Gasteiger charge is -2.14. The van der Waals surface area contributed by atoms with E-state index in [1.807, 2.05) is 0 Å². The van der Waals surface area contributed by atoms with Gasteiger partial charge in [-0.05, 0) is 17.7 Å². The minimum absolute atomic E-state index is 0.0127. The summed E-state index contributed by atoms with van der Waals surface area (Å²) in [6.07, 6.45) is -0.0127. The van der Waals surface area contributed by atoms with Crippen LogP contribution in [0.3, 0.4) is 0 Å². The van der Waals surface area contributed by atoms with Crippen molar-refractivity contribution in [2.75, 3.05) is 6.67 Å². The van der Waals surface area contributed by atoms with Crippen LogP contribution in [0.1, 0.15) is 26.3 Å². The molecule has 0 atom stereocenters. The van der Waals surface area contributed by atoms with Gasteiger partial charge in [0.25, 0.3) is 17.5 Å². The molecule has 0 fully saturated rings. The molecule has 126 valence electrons. The van der Waals surface area contributed by atoms with E-state index in [-0.39, 0.29) is 18.8 Å². The summed E-state index contributed by atoms with van der Waals surface area (Å²) in [7, 11) is 0. The van der Waals surface area contributed by atoms with Gasteiger partial charge in [0.2, 0.25) is 5.91 Å². The van der Waals surface area contributed by atoms with Gasteiger partial charge in [-0.2, -0.15) is 0 Å². The Bertz CT molecular complexity index is 841. The van der Waals surface area contributed by atoms with Crippen molar-refractivity contribution in [2.24, 2.45) is 0 Å². The molecule has 0 bridgehead atoms. The average Bonchev–Trinajstić information content (AvgIpc) is 2.85. The van der Waals surface area contributed by atoms with Crippen molar-refractivity contribution in [3.05, 3.63) is 75.3 Å². The molecular weight excluding hydrogens is 326 g/mol. The third-order valence-corrected chi connectivity index (χ3v) is 3.82. The van der Waals surface area contributed by atoms with E-state index in [0.29, 0.717) is 16.7 Å². The zero-order valence-electron chi connectivity index (χ0n) is 13.0. The highest BCUT2D eigenvalue weighted by Crippen LogP contribution is 2.21. The summed E-state index contributed by atoms with van der Waals surface area (Å²) in [6.45, 7) is -0.224. The van der Waals surface area contributed by atoms with E-state index in [4.69, 9.17) is 0 Å². The molecule has 0 unspecified atom stereocenters. The molecule has 3 rings (SSSR count). The van der Waals surface area contributed by atoms with Crippen molar-refractivity contribution >= 4 is 23.4 Å². The smallest absolute Gasteiger partial charge is 0.269 e. The molecule has 0 saturated carbocycles. The summed E-state index contributed by atoms with van der Waals surface area (Å²) in [6, 6.07) is 12.1. The van der Waals surface area contributed by atoms with Gasteiger partial charge < -0.3 is 5.32 Å². The Hall–Kier alpha value is -3.55. The Kier molecular flexibility index (Phi) is 4.25. The Morgan fingerprint density at radius 1 is 1.00 bits per heavy atom. The van der Waals surface area contributed by atoms with Gasteiger partial charge in [0.1, 0.15) is 6.67 Å². The highest BCUT2D eigenvalue weighted by atomic mass is 16.6. The summed E-state index contributed by atoms with van der Waals surface area (Å²) in [4.78, 5) is 47.4. The lowest BCUT2D eigenvalue weighted by molar-refractivity contribution is -0.384. The monoisotopic (exact) mass is 339 g/mol. The number of imide groups is 1. The Balaban J connectivity index is 1.59. The van der Waals surface area contributed by atoms with Crippen LogP contribution in [0.4, 0.5) is 5.69 Å². The van der Waals surface area contributed by atoms with Crippen LogP contribution in [0.25, 0.3) is 0 Å². The van der Waals surface area contributed by atoms with E-state index < -0.39 is 22.6 Å². The summed E-state index contributed by atoms with van der Waals surface area (Å²) in [5.74, 6) is -1.29. The van der Waals surface area contributed by atoms with Crippen molar-refractivity contribution < 1.29 is 19.3 Å². The van der Waals surface area contributed by atoms with Crippen molar-refractivity contribution in [2.45, 2.75) is 6.42 Å². The van der Waals surface area contributed by atoms with E-state index in [1.54, 1.807) is 24.3 Å². The van der Waals surface area contributed by atoms with Crippen molar-refractivity contribution in [1.29, 1.82) is 0 Å². The van der Waals surface area contributed by atoms with Crippen LogP contribution in [-0.4, -0.2) is 34.2 Å². The van der Waals surface area contributed by atoms with Crippen molar-refractivity contribution in [1.82, 2.24) is 10.2 Å². The molecule has 0 spiro atoms. The first-order chi connectivity index (χ1) is 12.0. The van der Waals surface area contributed by atoms with E-state index in [1.165, 1.54) is 24.3 Å². The quantitative estimate of drug-likeness (QED) is 0.504. The molecular formula is C17H13N3O5. The van der Waals surface area contributed by atoms with Gasteiger partial charge in [0.15, 0.2) is 0 Å². The summed E-state index contributed by atoms with van der Waals surface area (Å²) in [5, 5.41) is 13.1. The molecule has 1 N–H and O–H groups in total. The molecule has 2 aromatic rings. The number of nitrogens with one attached hydrogen (secondary N) is 1. The topological polar surface area (TPSA) is 110 Å². The van der Waals surface area contributed by atoms with E-state index in [2.05, 4.69) is 5.32 Å². The van der Waals surface area contributed by atoms with Gasteiger partial charge in [-0.3, -0.25) is 29.4 Å². The first kappa shape index (κ1) is 16.3. The van der Waals surface area contributed by atoms with Crippen LogP contribution < -0.4 is 5.32 Å². The van der Waals surface area contributed by atoms with Crippen LogP contribution in [-0.2, 0) is 11.2 Å². The van der Waals surface area contributed by atoms with E-state index >= 15 is 0 Å². The first-order valence-corrected chi connectivity index (χ1v) is 7.42. The standard InChI is InChI=1S/C17H13N3O5/c21-15(9-11-5-7-12(8-6-11)20(24)25)18-10-19-16(22)13-3-1-2-4-14(13)17(19)23/h1-8H,9-10H2,(H,18,21). The molecule has 0 aliphatic carbocycles. The number of hydrogen-bond acceptors (Lipinski definition) is 5. The van der Waals surface area contributed by atoms with Crippen LogP contribution in [0.15, 0.2) is 48.5 Å². The number of nitro groups is 1. The van der Waals surface area contributed by atoms with E-state index in [9.17, 15) is 24.5 Å². The molecule has 25 heavy (non-hydrogen) atoms. The molecule has 1 heterocycles. The highest BCUT2D eigenvalue weighted by Gasteiger charge is 2.34. The van der Waals surface area contributed by atoms with Gasteiger partial charge in [-0.25, -0.2) is 0 Å². The molecule has 1 aliphatic heterocycles. The Morgan fingerprint density at radius 2 is 1.56 bits per heavy atom. The predicted octanol–water partition coefficient (Wildman–Crippen LogP) is 1.51. The molecule has 0 aromatic heterocycles. The fourth-order valence-corrected chi connectivity index (χ4v) is 2.53. The Labute approximate surface area is 142 Å². The summed E-state index contributed by atoms with van der Waals surface area (Å²) in [5.41, 5.74) is 1.16. The maximum Gasteiger partial charge on any atom is 0.269 e. The first-order valence-electron chi connectivity index (χ1n) is 7.42. The number of hydrogen-bond donors (Lipinski definition) is 1. The van der Waals surface area contributed by atoms with Gasteiger partial charge in [0.05, 0.1) is 22.5 Å². The van der Waals surface area contributed by atoms with Gasteiger partial charge in [-0.15, -0.1) is 0 Å². The Morgan fingerprint density at radius 3 is 2.08 bits per heavy atom. The minimum Gasteiger partial charge on any atom is -0.338 e. The van der Waals surface area contributed by atoms with Gasteiger partial charge >= 0.3 is 0 Å². The summed E-state index contributed by atoms with van der Waals surface area (Å²) < 4.78 is 0. The number of carbonyl (C=O) groups is 3. The third kappa shape index (κ3) is 3.23. The van der Waals surface area contributed by atoms with Gasteiger partial charge in [0, 0.05) is 12.1 Å². The molecule has 1 aliphatic rings. The number of non-ortho nitro benzene ring substituents is 1. The second-order valence-corrected chi connectivity index (χ2v) is 5.44. The molecule has 3 amide bonds. The van der Waals surface area contributed by atoms with Crippen LogP contribution >= 0.6 is 0 Å².